The Bertz CT molecular complexity index is 743. The summed E-state index contributed by atoms with van der Waals surface area (Å²) in [5.74, 6) is 0. The number of thiophene rings is 1. The average Bonchev–Trinajstić information content (AvgIpc) is 2.87. The van der Waals surface area contributed by atoms with Crippen LogP contribution in [0.5, 0.6) is 0 Å². The highest BCUT2D eigenvalue weighted by molar-refractivity contribution is 9.10. The quantitative estimate of drug-likeness (QED) is 0.650. The summed E-state index contributed by atoms with van der Waals surface area (Å²) < 4.78 is 2.51. The summed E-state index contributed by atoms with van der Waals surface area (Å²) >= 11 is 5.43. The minimum Gasteiger partial charge on any atom is -0.313 e. The van der Waals surface area contributed by atoms with Gasteiger partial charge >= 0.3 is 0 Å². The number of aryl methyl sites for hydroxylation is 1. The number of hydrogen-bond donors (Lipinski definition) is 1. The van der Waals surface area contributed by atoms with Crippen LogP contribution in [0.4, 0.5) is 0 Å². The van der Waals surface area contributed by atoms with Crippen LogP contribution in [0.3, 0.4) is 0 Å². The standard InChI is InChI=1S/C18H18BrNS/c1-12-7-13(9-15(19)8-12)17(20-2)10-14-11-21-18-6-4-3-5-16(14)18/h3-9,11,17,20H,10H2,1-2H3. The highest BCUT2D eigenvalue weighted by Gasteiger charge is 2.14. The van der Waals surface area contributed by atoms with Gasteiger partial charge in [-0.3, -0.25) is 0 Å². The summed E-state index contributed by atoms with van der Waals surface area (Å²) in [5, 5.41) is 7.13. The Morgan fingerprint density at radius 2 is 2.00 bits per heavy atom. The van der Waals surface area contributed by atoms with Crippen LogP contribution in [-0.4, -0.2) is 7.05 Å². The van der Waals surface area contributed by atoms with Gasteiger partial charge in [-0.05, 0) is 66.0 Å². The van der Waals surface area contributed by atoms with Gasteiger partial charge in [-0.15, -0.1) is 11.3 Å². The fraction of sp³-hybridized carbons (Fsp3) is 0.222. The summed E-state index contributed by atoms with van der Waals surface area (Å²) in [6, 6.07) is 15.6. The summed E-state index contributed by atoms with van der Waals surface area (Å²) in [5.41, 5.74) is 4.04. The van der Waals surface area contributed by atoms with Gasteiger partial charge in [0.2, 0.25) is 0 Å². The molecule has 0 aliphatic rings. The van der Waals surface area contributed by atoms with E-state index in [2.05, 4.69) is 76.0 Å². The zero-order valence-corrected chi connectivity index (χ0v) is 14.6. The minimum absolute atomic E-state index is 0.333. The number of likely N-dealkylation sites (N-methyl/N-ethyl adjacent to an activating group) is 1. The van der Waals surface area contributed by atoms with Crippen molar-refractivity contribution in [3.63, 3.8) is 0 Å². The van der Waals surface area contributed by atoms with Crippen LogP contribution in [0.1, 0.15) is 22.7 Å². The van der Waals surface area contributed by atoms with Gasteiger partial charge < -0.3 is 5.32 Å². The van der Waals surface area contributed by atoms with Crippen LogP contribution in [0.25, 0.3) is 10.1 Å². The summed E-state index contributed by atoms with van der Waals surface area (Å²) in [4.78, 5) is 0. The van der Waals surface area contributed by atoms with Crippen molar-refractivity contribution in [3.8, 4) is 0 Å². The number of hydrogen-bond acceptors (Lipinski definition) is 2. The highest BCUT2D eigenvalue weighted by Crippen LogP contribution is 2.30. The Morgan fingerprint density at radius 1 is 1.19 bits per heavy atom. The van der Waals surface area contributed by atoms with Crippen molar-refractivity contribution in [1.82, 2.24) is 5.32 Å². The first-order valence-electron chi connectivity index (χ1n) is 7.07. The molecule has 0 saturated carbocycles. The second-order valence-electron chi connectivity index (χ2n) is 5.36. The van der Waals surface area contributed by atoms with Gasteiger partial charge in [0.15, 0.2) is 0 Å². The lowest BCUT2D eigenvalue weighted by Gasteiger charge is -2.17. The van der Waals surface area contributed by atoms with Gasteiger partial charge in [0.05, 0.1) is 0 Å². The molecule has 1 heterocycles. The third-order valence-corrected chi connectivity index (χ3v) is 5.27. The molecular formula is C18H18BrNS. The molecule has 1 unspecified atom stereocenters. The maximum Gasteiger partial charge on any atom is 0.0359 e. The van der Waals surface area contributed by atoms with E-state index in [1.54, 1.807) is 0 Å². The molecule has 0 fully saturated rings. The molecule has 108 valence electrons. The molecule has 21 heavy (non-hydrogen) atoms. The average molecular weight is 360 g/mol. The second-order valence-corrected chi connectivity index (χ2v) is 7.19. The molecule has 0 saturated heterocycles. The second kappa shape index (κ2) is 6.30. The van der Waals surface area contributed by atoms with E-state index in [4.69, 9.17) is 0 Å². The van der Waals surface area contributed by atoms with Crippen molar-refractivity contribution < 1.29 is 0 Å². The summed E-state index contributed by atoms with van der Waals surface area (Å²) in [7, 11) is 2.04. The van der Waals surface area contributed by atoms with Crippen LogP contribution < -0.4 is 5.32 Å². The van der Waals surface area contributed by atoms with Crippen molar-refractivity contribution in [3.05, 3.63) is 69.0 Å². The lowest BCUT2D eigenvalue weighted by atomic mass is 9.97. The topological polar surface area (TPSA) is 12.0 Å². The molecule has 0 aliphatic heterocycles. The van der Waals surface area contributed by atoms with E-state index >= 15 is 0 Å². The van der Waals surface area contributed by atoms with Gasteiger partial charge in [0.1, 0.15) is 0 Å². The van der Waals surface area contributed by atoms with Crippen molar-refractivity contribution in [2.75, 3.05) is 7.05 Å². The van der Waals surface area contributed by atoms with E-state index in [1.165, 1.54) is 26.8 Å². The zero-order valence-electron chi connectivity index (χ0n) is 12.2. The summed E-state index contributed by atoms with van der Waals surface area (Å²) in [6.45, 7) is 2.14. The maximum absolute atomic E-state index is 3.60. The molecule has 3 rings (SSSR count). The van der Waals surface area contributed by atoms with Crippen molar-refractivity contribution in [2.45, 2.75) is 19.4 Å². The Balaban J connectivity index is 1.94. The van der Waals surface area contributed by atoms with Crippen LogP contribution in [-0.2, 0) is 6.42 Å². The fourth-order valence-electron chi connectivity index (χ4n) is 2.76. The Morgan fingerprint density at radius 3 is 2.76 bits per heavy atom. The zero-order chi connectivity index (χ0) is 14.8. The first kappa shape index (κ1) is 14.8. The number of benzene rings is 2. The van der Waals surface area contributed by atoms with Gasteiger partial charge in [-0.1, -0.05) is 40.2 Å². The molecule has 0 radical (unpaired) electrons. The van der Waals surface area contributed by atoms with Crippen molar-refractivity contribution >= 4 is 37.4 Å². The number of fused-ring (bicyclic) bond motifs is 1. The Kier molecular flexibility index (Phi) is 4.43. The molecule has 1 aromatic heterocycles. The fourth-order valence-corrected chi connectivity index (χ4v) is 4.36. The van der Waals surface area contributed by atoms with Crippen LogP contribution in [0, 0.1) is 6.92 Å². The van der Waals surface area contributed by atoms with Crippen LogP contribution in [0.15, 0.2) is 52.3 Å². The minimum atomic E-state index is 0.333. The van der Waals surface area contributed by atoms with Gasteiger partial charge in [-0.25, -0.2) is 0 Å². The molecular weight excluding hydrogens is 342 g/mol. The monoisotopic (exact) mass is 359 g/mol. The van der Waals surface area contributed by atoms with Gasteiger partial charge in [0, 0.05) is 15.2 Å². The molecule has 1 nitrogen and oxygen atoms in total. The van der Waals surface area contributed by atoms with Crippen LogP contribution in [0.2, 0.25) is 0 Å². The van der Waals surface area contributed by atoms with E-state index in [9.17, 15) is 0 Å². The normalized spacial score (nSPS) is 12.7. The van der Waals surface area contributed by atoms with E-state index < -0.39 is 0 Å². The summed E-state index contributed by atoms with van der Waals surface area (Å²) in [6.07, 6.45) is 1.01. The largest absolute Gasteiger partial charge is 0.313 e. The van der Waals surface area contributed by atoms with Crippen molar-refractivity contribution in [1.29, 1.82) is 0 Å². The first-order chi connectivity index (χ1) is 10.2. The van der Waals surface area contributed by atoms with E-state index in [1.807, 2.05) is 18.4 Å². The molecule has 0 aliphatic carbocycles. The molecule has 3 aromatic rings. The maximum atomic E-state index is 3.60. The highest BCUT2D eigenvalue weighted by atomic mass is 79.9. The molecule has 1 N–H and O–H groups in total. The first-order valence-corrected chi connectivity index (χ1v) is 8.74. The molecule has 0 spiro atoms. The molecule has 0 amide bonds. The molecule has 1 atom stereocenters. The number of halogens is 1. The SMILES string of the molecule is CNC(Cc1csc2ccccc12)c1cc(C)cc(Br)c1. The third-order valence-electron chi connectivity index (χ3n) is 3.80. The molecule has 0 bridgehead atoms. The lowest BCUT2D eigenvalue weighted by Crippen LogP contribution is -2.18. The van der Waals surface area contributed by atoms with Crippen molar-refractivity contribution in [2.24, 2.45) is 0 Å². The predicted octanol–water partition coefficient (Wildman–Crippen LogP) is 5.48. The number of nitrogens with one attached hydrogen (secondary N) is 1. The van der Waals surface area contributed by atoms with E-state index in [-0.39, 0.29) is 0 Å². The molecule has 3 heteroatoms. The molecule has 2 aromatic carbocycles. The van der Waals surface area contributed by atoms with Gasteiger partial charge in [0.25, 0.3) is 0 Å². The third kappa shape index (κ3) is 3.20. The van der Waals surface area contributed by atoms with Crippen LogP contribution >= 0.6 is 27.3 Å². The van der Waals surface area contributed by atoms with E-state index in [0.717, 1.165) is 10.9 Å². The Hall–Kier alpha value is -1.16. The smallest absolute Gasteiger partial charge is 0.0359 e. The number of rotatable bonds is 4. The van der Waals surface area contributed by atoms with E-state index in [0.29, 0.717) is 6.04 Å². The predicted molar refractivity (Wildman–Crippen MR) is 96.2 cm³/mol. The van der Waals surface area contributed by atoms with Gasteiger partial charge in [-0.2, -0.15) is 0 Å². The lowest BCUT2D eigenvalue weighted by molar-refractivity contribution is 0.594. The Labute approximate surface area is 138 Å².